The summed E-state index contributed by atoms with van der Waals surface area (Å²) in [6.07, 6.45) is 5.63. The van der Waals surface area contributed by atoms with Crippen LogP contribution in [0.5, 0.6) is 0 Å². The van der Waals surface area contributed by atoms with Crippen molar-refractivity contribution < 1.29 is 4.74 Å². The van der Waals surface area contributed by atoms with E-state index in [-0.39, 0.29) is 0 Å². The van der Waals surface area contributed by atoms with Crippen molar-refractivity contribution >= 4 is 28.1 Å². The lowest BCUT2D eigenvalue weighted by molar-refractivity contribution is -0.0744. The van der Waals surface area contributed by atoms with E-state index in [4.69, 9.17) is 16.3 Å². The molecule has 140 valence electrons. The first kappa shape index (κ1) is 18.2. The van der Waals surface area contributed by atoms with E-state index in [1.54, 1.807) is 11.3 Å². The van der Waals surface area contributed by atoms with Gasteiger partial charge in [0, 0.05) is 48.3 Å². The van der Waals surface area contributed by atoms with Gasteiger partial charge in [-0.05, 0) is 43.9 Å². The van der Waals surface area contributed by atoms with Gasteiger partial charge >= 0.3 is 0 Å². The molecule has 1 aromatic carbocycles. The number of aromatic nitrogens is 1. The van der Waals surface area contributed by atoms with Crippen molar-refractivity contribution in [3.05, 3.63) is 46.4 Å². The average Bonchev–Trinajstić information content (AvgIpc) is 3.20. The van der Waals surface area contributed by atoms with Crippen LogP contribution in [-0.4, -0.2) is 54.3 Å². The van der Waals surface area contributed by atoms with Crippen LogP contribution < -0.4 is 4.90 Å². The quantitative estimate of drug-likeness (QED) is 0.784. The summed E-state index contributed by atoms with van der Waals surface area (Å²) in [6, 6.07) is 9.34. The standard InChI is InChI=1S/C20H26ClN3OS/c1-15-13-24(18-6-9-23(10-7-18)20-22-8-11-26-20)19(14-25-15)12-16-2-4-17(21)5-3-16/h2-5,8,11,15,18-19H,6-7,9-10,12-14H2,1H3/t15-,19-/m0/s1. The van der Waals surface area contributed by atoms with Gasteiger partial charge in [0.15, 0.2) is 5.13 Å². The number of rotatable bonds is 4. The molecule has 2 aromatic rings. The summed E-state index contributed by atoms with van der Waals surface area (Å²) in [6.45, 7) is 6.22. The number of hydrogen-bond donors (Lipinski definition) is 0. The van der Waals surface area contributed by atoms with Gasteiger partial charge < -0.3 is 9.64 Å². The maximum Gasteiger partial charge on any atom is 0.185 e. The van der Waals surface area contributed by atoms with Crippen LogP contribution >= 0.6 is 22.9 Å². The molecular weight excluding hydrogens is 366 g/mol. The molecule has 0 amide bonds. The van der Waals surface area contributed by atoms with Crippen LogP contribution in [0.3, 0.4) is 0 Å². The number of piperidine rings is 1. The van der Waals surface area contributed by atoms with Crippen LogP contribution in [0, 0.1) is 0 Å². The Morgan fingerprint density at radius 1 is 1.23 bits per heavy atom. The van der Waals surface area contributed by atoms with Crippen LogP contribution in [0.4, 0.5) is 5.13 Å². The van der Waals surface area contributed by atoms with Crippen LogP contribution in [0.15, 0.2) is 35.8 Å². The van der Waals surface area contributed by atoms with Crippen molar-refractivity contribution in [1.82, 2.24) is 9.88 Å². The first-order valence-electron chi connectivity index (χ1n) is 9.45. The molecule has 2 atom stereocenters. The number of benzene rings is 1. The highest BCUT2D eigenvalue weighted by Crippen LogP contribution is 2.28. The minimum absolute atomic E-state index is 0.313. The number of anilines is 1. The highest BCUT2D eigenvalue weighted by atomic mass is 35.5. The van der Waals surface area contributed by atoms with Crippen LogP contribution in [0.2, 0.25) is 5.02 Å². The zero-order valence-corrected chi connectivity index (χ0v) is 16.8. The van der Waals surface area contributed by atoms with E-state index >= 15 is 0 Å². The number of ether oxygens (including phenoxy) is 1. The molecule has 0 aliphatic carbocycles. The van der Waals surface area contributed by atoms with Gasteiger partial charge in [-0.3, -0.25) is 4.90 Å². The van der Waals surface area contributed by atoms with E-state index in [0.29, 0.717) is 18.2 Å². The summed E-state index contributed by atoms with van der Waals surface area (Å²) >= 11 is 7.78. The fourth-order valence-corrected chi connectivity index (χ4v) is 4.97. The third-order valence-corrected chi connectivity index (χ3v) is 6.60. The van der Waals surface area contributed by atoms with Crippen molar-refractivity contribution in [2.24, 2.45) is 0 Å². The van der Waals surface area contributed by atoms with Crippen molar-refractivity contribution in [2.45, 2.75) is 44.4 Å². The van der Waals surface area contributed by atoms with E-state index in [1.807, 2.05) is 18.3 Å². The SMILES string of the molecule is C[C@H]1CN(C2CCN(c3nccs3)CC2)[C@@H](Cc2ccc(Cl)cc2)CO1. The summed E-state index contributed by atoms with van der Waals surface area (Å²) in [5.41, 5.74) is 1.34. The molecule has 1 aromatic heterocycles. The fraction of sp³-hybridized carbons (Fsp3) is 0.550. The predicted octanol–water partition coefficient (Wildman–Crippen LogP) is 4.10. The Kier molecular flexibility index (Phi) is 5.79. The topological polar surface area (TPSA) is 28.6 Å². The second-order valence-corrected chi connectivity index (χ2v) is 8.67. The lowest BCUT2D eigenvalue weighted by atomic mass is 9.96. The number of halogens is 1. The molecule has 0 unspecified atom stereocenters. The first-order valence-corrected chi connectivity index (χ1v) is 10.7. The van der Waals surface area contributed by atoms with Gasteiger partial charge in [-0.1, -0.05) is 23.7 Å². The number of nitrogens with zero attached hydrogens (tertiary/aromatic N) is 3. The second-order valence-electron chi connectivity index (χ2n) is 7.36. The Balaban J connectivity index is 1.41. The molecule has 2 saturated heterocycles. The van der Waals surface area contributed by atoms with Gasteiger partial charge in [0.05, 0.1) is 12.7 Å². The fourth-order valence-electron chi connectivity index (χ4n) is 4.15. The average molecular weight is 392 g/mol. The Bertz CT molecular complexity index is 686. The highest BCUT2D eigenvalue weighted by molar-refractivity contribution is 7.13. The molecule has 0 radical (unpaired) electrons. The molecule has 0 saturated carbocycles. The van der Waals surface area contributed by atoms with Crippen molar-refractivity contribution in [3.63, 3.8) is 0 Å². The molecule has 0 spiro atoms. The van der Waals surface area contributed by atoms with Gasteiger partial charge in [0.2, 0.25) is 0 Å². The van der Waals surface area contributed by atoms with E-state index in [0.717, 1.165) is 42.8 Å². The third kappa shape index (κ3) is 4.22. The molecule has 6 heteroatoms. The first-order chi connectivity index (χ1) is 12.7. The van der Waals surface area contributed by atoms with E-state index in [2.05, 4.69) is 39.2 Å². The summed E-state index contributed by atoms with van der Waals surface area (Å²) in [5.74, 6) is 0. The Hall–Kier alpha value is -1.14. The Morgan fingerprint density at radius 3 is 2.69 bits per heavy atom. The third-order valence-electron chi connectivity index (χ3n) is 5.52. The second kappa shape index (κ2) is 8.26. The van der Waals surface area contributed by atoms with Gasteiger partial charge in [0.1, 0.15) is 0 Å². The molecule has 4 rings (SSSR count). The summed E-state index contributed by atoms with van der Waals surface area (Å²) in [4.78, 5) is 9.61. The van der Waals surface area contributed by atoms with E-state index in [9.17, 15) is 0 Å². The van der Waals surface area contributed by atoms with Crippen molar-refractivity contribution in [1.29, 1.82) is 0 Å². The van der Waals surface area contributed by atoms with Gasteiger partial charge in [-0.25, -0.2) is 4.98 Å². The van der Waals surface area contributed by atoms with Crippen LogP contribution in [-0.2, 0) is 11.2 Å². The van der Waals surface area contributed by atoms with Crippen LogP contribution in [0.25, 0.3) is 0 Å². The molecular formula is C20H26ClN3OS. The summed E-state index contributed by atoms with van der Waals surface area (Å²) in [5, 5.41) is 4.03. The van der Waals surface area contributed by atoms with Crippen LogP contribution in [0.1, 0.15) is 25.3 Å². The monoisotopic (exact) mass is 391 g/mol. The van der Waals surface area contributed by atoms with Crippen molar-refractivity contribution in [2.75, 3.05) is 31.1 Å². The lowest BCUT2D eigenvalue weighted by Crippen LogP contribution is -2.56. The molecule has 2 aliphatic rings. The molecule has 2 fully saturated rings. The zero-order valence-electron chi connectivity index (χ0n) is 15.2. The zero-order chi connectivity index (χ0) is 17.9. The highest BCUT2D eigenvalue weighted by Gasteiger charge is 2.34. The molecule has 0 N–H and O–H groups in total. The number of hydrogen-bond acceptors (Lipinski definition) is 5. The maximum atomic E-state index is 6.04. The Labute approximate surface area is 164 Å². The van der Waals surface area contributed by atoms with Gasteiger partial charge in [-0.2, -0.15) is 0 Å². The van der Waals surface area contributed by atoms with E-state index in [1.165, 1.54) is 18.4 Å². The Morgan fingerprint density at radius 2 is 2.00 bits per heavy atom. The molecule has 4 nitrogen and oxygen atoms in total. The summed E-state index contributed by atoms with van der Waals surface area (Å²) < 4.78 is 6.00. The van der Waals surface area contributed by atoms with Crippen molar-refractivity contribution in [3.8, 4) is 0 Å². The van der Waals surface area contributed by atoms with E-state index < -0.39 is 0 Å². The lowest BCUT2D eigenvalue weighted by Gasteiger charge is -2.46. The molecule has 2 aliphatic heterocycles. The maximum absolute atomic E-state index is 6.04. The number of thiazole rings is 1. The smallest absolute Gasteiger partial charge is 0.185 e. The minimum Gasteiger partial charge on any atom is -0.376 e. The summed E-state index contributed by atoms with van der Waals surface area (Å²) in [7, 11) is 0. The number of morpholine rings is 1. The normalized spacial score (nSPS) is 25.5. The largest absolute Gasteiger partial charge is 0.376 e. The van der Waals surface area contributed by atoms with Gasteiger partial charge in [-0.15, -0.1) is 11.3 Å². The molecule has 26 heavy (non-hydrogen) atoms. The minimum atomic E-state index is 0.313. The molecule has 0 bridgehead atoms. The van der Waals surface area contributed by atoms with Gasteiger partial charge in [0.25, 0.3) is 0 Å². The molecule has 3 heterocycles. The predicted molar refractivity (Wildman–Crippen MR) is 108 cm³/mol.